The number of carbonyl (C=O) groups excluding carboxylic acids is 1. The van der Waals surface area contributed by atoms with Crippen LogP contribution in [0, 0.1) is 6.92 Å². The number of halogens is 2. The molecule has 3 aromatic rings. The van der Waals surface area contributed by atoms with Crippen molar-refractivity contribution in [2.75, 3.05) is 5.32 Å². The van der Waals surface area contributed by atoms with Crippen molar-refractivity contribution >= 4 is 39.3 Å². The van der Waals surface area contributed by atoms with Crippen LogP contribution in [0.2, 0.25) is 5.02 Å². The number of aromatic nitrogens is 4. The highest BCUT2D eigenvalue weighted by molar-refractivity contribution is 9.10. The van der Waals surface area contributed by atoms with E-state index in [-0.39, 0.29) is 12.5 Å². The minimum atomic E-state index is -0.187. The molecule has 1 amide bonds. The maximum atomic E-state index is 12.1. The number of benzene rings is 1. The number of carbonyl (C=O) groups is 1. The maximum Gasteiger partial charge on any atom is 0.247 e. The smallest absolute Gasteiger partial charge is 0.247 e. The lowest BCUT2D eigenvalue weighted by Gasteiger charge is -2.05. The number of nitrogens with one attached hydrogen (secondary N) is 1. The molecule has 0 spiro atoms. The zero-order valence-corrected chi connectivity index (χ0v) is 15.3. The van der Waals surface area contributed by atoms with E-state index in [1.54, 1.807) is 27.8 Å². The summed E-state index contributed by atoms with van der Waals surface area (Å²) in [5.74, 6) is 0.308. The minimum absolute atomic E-state index is 0.129. The topological polar surface area (TPSA) is 64.7 Å². The molecule has 0 saturated heterocycles. The van der Waals surface area contributed by atoms with E-state index in [1.807, 2.05) is 31.2 Å². The summed E-state index contributed by atoms with van der Waals surface area (Å²) in [7, 11) is 0. The molecular formula is C16H15BrClN5O. The molecule has 0 fully saturated rings. The lowest BCUT2D eigenvalue weighted by molar-refractivity contribution is -0.116. The van der Waals surface area contributed by atoms with Gasteiger partial charge in [0.2, 0.25) is 5.91 Å². The molecule has 0 bridgehead atoms. The first kappa shape index (κ1) is 16.7. The number of nitrogens with zero attached hydrogens (tertiary/aromatic N) is 4. The van der Waals surface area contributed by atoms with Gasteiger partial charge in [-0.1, -0.05) is 29.8 Å². The van der Waals surface area contributed by atoms with Crippen molar-refractivity contribution in [2.45, 2.75) is 20.0 Å². The van der Waals surface area contributed by atoms with E-state index in [0.717, 1.165) is 15.7 Å². The van der Waals surface area contributed by atoms with Crippen LogP contribution in [0.25, 0.3) is 0 Å². The van der Waals surface area contributed by atoms with Crippen LogP contribution >= 0.6 is 27.5 Å². The summed E-state index contributed by atoms with van der Waals surface area (Å²) in [6.07, 6.45) is 3.57. The summed E-state index contributed by atoms with van der Waals surface area (Å²) in [5.41, 5.74) is 1.81. The number of rotatable bonds is 5. The second-order valence-corrected chi connectivity index (χ2v) is 6.56. The monoisotopic (exact) mass is 407 g/mol. The molecule has 3 rings (SSSR count). The maximum absolute atomic E-state index is 12.1. The van der Waals surface area contributed by atoms with Gasteiger partial charge in [-0.25, -0.2) is 0 Å². The van der Waals surface area contributed by atoms with E-state index in [2.05, 4.69) is 31.4 Å². The van der Waals surface area contributed by atoms with Crippen molar-refractivity contribution in [3.05, 3.63) is 63.5 Å². The van der Waals surface area contributed by atoms with Gasteiger partial charge in [0.05, 0.1) is 16.7 Å². The Bertz CT molecular complexity index is 853. The van der Waals surface area contributed by atoms with E-state index >= 15 is 0 Å². The molecule has 8 heteroatoms. The fourth-order valence-electron chi connectivity index (χ4n) is 2.22. The van der Waals surface area contributed by atoms with Crippen LogP contribution in [0.3, 0.4) is 0 Å². The number of amides is 1. The Morgan fingerprint density at radius 3 is 2.75 bits per heavy atom. The molecule has 0 aliphatic carbocycles. The normalized spacial score (nSPS) is 10.8. The van der Waals surface area contributed by atoms with Gasteiger partial charge in [-0.05, 0) is 34.5 Å². The first-order valence-electron chi connectivity index (χ1n) is 7.27. The highest BCUT2D eigenvalue weighted by Crippen LogP contribution is 2.16. The number of aryl methyl sites for hydroxylation is 1. The third kappa shape index (κ3) is 4.04. The summed E-state index contributed by atoms with van der Waals surface area (Å²) in [6.45, 7) is 2.54. The van der Waals surface area contributed by atoms with E-state index < -0.39 is 0 Å². The number of anilines is 1. The Morgan fingerprint density at radius 2 is 2.04 bits per heavy atom. The second-order valence-electron chi connectivity index (χ2n) is 5.30. The van der Waals surface area contributed by atoms with Gasteiger partial charge >= 0.3 is 0 Å². The van der Waals surface area contributed by atoms with Crippen molar-refractivity contribution in [3.63, 3.8) is 0 Å². The Hall–Kier alpha value is -2.12. The molecular weight excluding hydrogens is 394 g/mol. The minimum Gasteiger partial charge on any atom is -0.308 e. The summed E-state index contributed by atoms with van der Waals surface area (Å²) >= 11 is 9.52. The van der Waals surface area contributed by atoms with Crippen LogP contribution in [-0.2, 0) is 17.9 Å². The van der Waals surface area contributed by atoms with Gasteiger partial charge in [0, 0.05) is 23.5 Å². The summed E-state index contributed by atoms with van der Waals surface area (Å²) in [4.78, 5) is 12.1. The number of hydrogen-bond acceptors (Lipinski definition) is 3. The Kier molecular flexibility index (Phi) is 5.01. The van der Waals surface area contributed by atoms with Gasteiger partial charge in [0.25, 0.3) is 0 Å². The molecule has 6 nitrogen and oxygen atoms in total. The van der Waals surface area contributed by atoms with Gasteiger partial charge in [-0.15, -0.1) is 0 Å². The van der Waals surface area contributed by atoms with Crippen LogP contribution in [0.5, 0.6) is 0 Å². The molecule has 0 aliphatic rings. The molecule has 0 atom stereocenters. The zero-order valence-electron chi connectivity index (χ0n) is 12.9. The fourth-order valence-corrected chi connectivity index (χ4v) is 2.73. The van der Waals surface area contributed by atoms with Crippen molar-refractivity contribution in [1.29, 1.82) is 0 Å². The van der Waals surface area contributed by atoms with Crippen molar-refractivity contribution in [2.24, 2.45) is 0 Å². The Morgan fingerprint density at radius 1 is 1.25 bits per heavy atom. The molecule has 124 valence electrons. The second kappa shape index (κ2) is 7.19. The average molecular weight is 409 g/mol. The molecule has 2 aromatic heterocycles. The van der Waals surface area contributed by atoms with Crippen LogP contribution in [0.15, 0.2) is 47.2 Å². The predicted molar refractivity (Wildman–Crippen MR) is 96.1 cm³/mol. The molecule has 0 unspecified atom stereocenters. The highest BCUT2D eigenvalue weighted by atomic mass is 79.9. The van der Waals surface area contributed by atoms with E-state index in [0.29, 0.717) is 17.4 Å². The Labute approximate surface area is 152 Å². The van der Waals surface area contributed by atoms with Crippen LogP contribution in [0.4, 0.5) is 5.82 Å². The predicted octanol–water partition coefficient (Wildman–Crippen LogP) is 3.49. The summed E-state index contributed by atoms with van der Waals surface area (Å²) in [5, 5.41) is 12.0. The standard InChI is InChI=1S/C16H15BrClN5O/c1-11-13(17)9-23(20-11)10-16(24)19-15-6-7-22(21-15)8-12-4-2-3-5-14(12)18/h2-7,9H,8,10H2,1H3,(H,19,21,24). The van der Waals surface area contributed by atoms with Crippen LogP contribution < -0.4 is 5.32 Å². The van der Waals surface area contributed by atoms with E-state index in [4.69, 9.17) is 11.6 Å². The lowest BCUT2D eigenvalue weighted by Crippen LogP contribution is -2.19. The first-order valence-corrected chi connectivity index (χ1v) is 8.44. The van der Waals surface area contributed by atoms with Crippen LogP contribution in [0.1, 0.15) is 11.3 Å². The summed E-state index contributed by atoms with van der Waals surface area (Å²) in [6, 6.07) is 9.35. The third-order valence-electron chi connectivity index (χ3n) is 3.39. The van der Waals surface area contributed by atoms with Gasteiger partial charge in [-0.2, -0.15) is 10.2 Å². The van der Waals surface area contributed by atoms with Gasteiger partial charge in [0.15, 0.2) is 5.82 Å². The molecule has 0 saturated carbocycles. The SMILES string of the molecule is Cc1nn(CC(=O)Nc2ccn(Cc3ccccc3Cl)n2)cc1Br. The van der Waals surface area contributed by atoms with E-state index in [1.165, 1.54) is 0 Å². The first-order chi connectivity index (χ1) is 11.5. The fraction of sp³-hybridized carbons (Fsp3) is 0.188. The van der Waals surface area contributed by atoms with Crippen molar-refractivity contribution in [3.8, 4) is 0 Å². The van der Waals surface area contributed by atoms with Crippen LogP contribution in [-0.4, -0.2) is 25.5 Å². The van der Waals surface area contributed by atoms with E-state index in [9.17, 15) is 4.79 Å². The van der Waals surface area contributed by atoms with Gasteiger partial charge in [0.1, 0.15) is 6.54 Å². The zero-order chi connectivity index (χ0) is 17.1. The molecule has 2 heterocycles. The highest BCUT2D eigenvalue weighted by Gasteiger charge is 2.09. The lowest BCUT2D eigenvalue weighted by atomic mass is 10.2. The van der Waals surface area contributed by atoms with Gasteiger partial charge in [-0.3, -0.25) is 14.2 Å². The Balaban J connectivity index is 1.61. The van der Waals surface area contributed by atoms with Gasteiger partial charge < -0.3 is 5.32 Å². The van der Waals surface area contributed by atoms with Crippen molar-refractivity contribution < 1.29 is 4.79 Å². The van der Waals surface area contributed by atoms with Crippen molar-refractivity contribution in [1.82, 2.24) is 19.6 Å². The molecule has 0 aliphatic heterocycles. The number of hydrogen-bond donors (Lipinski definition) is 1. The molecule has 1 N–H and O–H groups in total. The quantitative estimate of drug-likeness (QED) is 0.703. The summed E-state index contributed by atoms with van der Waals surface area (Å²) < 4.78 is 4.18. The average Bonchev–Trinajstić information content (AvgIpc) is 3.08. The molecule has 1 aromatic carbocycles. The largest absolute Gasteiger partial charge is 0.308 e. The molecule has 0 radical (unpaired) electrons. The molecule has 24 heavy (non-hydrogen) atoms. The third-order valence-corrected chi connectivity index (χ3v) is 4.54.